The SMILES string of the molecule is CC1(C)CCCN1Cc1cc(Br)cs1. The molecular weight excluding hydrogens is 258 g/mol. The molecule has 0 bridgehead atoms. The van der Waals surface area contributed by atoms with E-state index in [1.54, 1.807) is 0 Å². The smallest absolute Gasteiger partial charge is 0.0333 e. The van der Waals surface area contributed by atoms with Crippen LogP contribution in [0, 0.1) is 0 Å². The maximum absolute atomic E-state index is 3.50. The zero-order valence-electron chi connectivity index (χ0n) is 8.72. The van der Waals surface area contributed by atoms with Gasteiger partial charge in [0, 0.05) is 26.8 Å². The number of hydrogen-bond donors (Lipinski definition) is 0. The van der Waals surface area contributed by atoms with Crippen LogP contribution in [0.4, 0.5) is 0 Å². The minimum atomic E-state index is 0.399. The lowest BCUT2D eigenvalue weighted by atomic mass is 10.0. The van der Waals surface area contributed by atoms with Crippen molar-refractivity contribution >= 4 is 27.3 Å². The van der Waals surface area contributed by atoms with Crippen LogP contribution in [0.15, 0.2) is 15.9 Å². The van der Waals surface area contributed by atoms with Crippen LogP contribution in [0.2, 0.25) is 0 Å². The number of nitrogens with zero attached hydrogens (tertiary/aromatic N) is 1. The van der Waals surface area contributed by atoms with Crippen molar-refractivity contribution in [3.05, 3.63) is 20.8 Å². The molecule has 0 radical (unpaired) electrons. The average Bonchev–Trinajstić information content (AvgIpc) is 2.61. The molecule has 1 aliphatic rings. The summed E-state index contributed by atoms with van der Waals surface area (Å²) in [5.41, 5.74) is 0.399. The Hall–Kier alpha value is 0.140. The summed E-state index contributed by atoms with van der Waals surface area (Å²) in [6, 6.07) is 2.24. The molecule has 1 aliphatic heterocycles. The number of halogens is 1. The number of hydrogen-bond acceptors (Lipinski definition) is 2. The predicted octanol–water partition coefficient (Wildman–Crippen LogP) is 3.89. The Balaban J connectivity index is 2.04. The Morgan fingerprint density at radius 2 is 2.36 bits per heavy atom. The molecule has 1 fully saturated rings. The van der Waals surface area contributed by atoms with E-state index in [2.05, 4.69) is 46.1 Å². The second-order valence-electron chi connectivity index (χ2n) is 4.57. The molecule has 0 atom stereocenters. The molecule has 2 heterocycles. The number of thiophene rings is 1. The van der Waals surface area contributed by atoms with Gasteiger partial charge in [-0.15, -0.1) is 11.3 Å². The van der Waals surface area contributed by atoms with Gasteiger partial charge in [-0.1, -0.05) is 0 Å². The van der Waals surface area contributed by atoms with Gasteiger partial charge in [-0.3, -0.25) is 4.90 Å². The van der Waals surface area contributed by atoms with Gasteiger partial charge in [-0.05, 0) is 55.2 Å². The van der Waals surface area contributed by atoms with Crippen molar-refractivity contribution < 1.29 is 0 Å². The highest BCUT2D eigenvalue weighted by Crippen LogP contribution is 2.31. The fraction of sp³-hybridized carbons (Fsp3) is 0.636. The third-order valence-electron chi connectivity index (χ3n) is 3.04. The topological polar surface area (TPSA) is 3.24 Å². The molecule has 0 aromatic carbocycles. The van der Waals surface area contributed by atoms with Crippen molar-refractivity contribution in [2.45, 2.75) is 38.8 Å². The van der Waals surface area contributed by atoms with Gasteiger partial charge in [-0.25, -0.2) is 0 Å². The standard InChI is InChI=1S/C11H16BrNS/c1-11(2)4-3-5-13(11)7-10-6-9(12)8-14-10/h6,8H,3-5,7H2,1-2H3. The van der Waals surface area contributed by atoms with Crippen LogP contribution in [0.1, 0.15) is 31.6 Å². The highest BCUT2D eigenvalue weighted by Gasteiger charge is 2.31. The average molecular weight is 274 g/mol. The van der Waals surface area contributed by atoms with Crippen molar-refractivity contribution in [3.63, 3.8) is 0 Å². The van der Waals surface area contributed by atoms with Gasteiger partial charge in [0.2, 0.25) is 0 Å². The van der Waals surface area contributed by atoms with Crippen LogP contribution in [0.3, 0.4) is 0 Å². The Labute approximate surface area is 98.2 Å². The molecule has 78 valence electrons. The normalized spacial score (nSPS) is 21.6. The minimum Gasteiger partial charge on any atom is -0.293 e. The van der Waals surface area contributed by atoms with E-state index in [1.165, 1.54) is 28.7 Å². The van der Waals surface area contributed by atoms with Crippen molar-refractivity contribution in [3.8, 4) is 0 Å². The first-order valence-corrected chi connectivity index (χ1v) is 6.73. The van der Waals surface area contributed by atoms with Gasteiger partial charge in [0.05, 0.1) is 0 Å². The lowest BCUT2D eigenvalue weighted by Gasteiger charge is -2.31. The Bertz CT molecular complexity index is 319. The second kappa shape index (κ2) is 3.95. The summed E-state index contributed by atoms with van der Waals surface area (Å²) in [6.45, 7) is 7.07. The van der Waals surface area contributed by atoms with Crippen LogP contribution >= 0.6 is 27.3 Å². The fourth-order valence-electron chi connectivity index (χ4n) is 2.08. The van der Waals surface area contributed by atoms with Crippen LogP contribution < -0.4 is 0 Å². The van der Waals surface area contributed by atoms with E-state index in [-0.39, 0.29) is 0 Å². The molecule has 0 unspecified atom stereocenters. The quantitative estimate of drug-likeness (QED) is 0.791. The van der Waals surface area contributed by atoms with E-state index in [0.29, 0.717) is 5.54 Å². The van der Waals surface area contributed by atoms with E-state index in [0.717, 1.165) is 6.54 Å². The number of likely N-dealkylation sites (tertiary alicyclic amines) is 1. The monoisotopic (exact) mass is 273 g/mol. The third-order valence-corrected chi connectivity index (χ3v) is 4.72. The highest BCUT2D eigenvalue weighted by molar-refractivity contribution is 9.10. The van der Waals surface area contributed by atoms with Crippen LogP contribution in [-0.2, 0) is 6.54 Å². The molecule has 0 amide bonds. The van der Waals surface area contributed by atoms with Crippen LogP contribution in [0.25, 0.3) is 0 Å². The summed E-state index contributed by atoms with van der Waals surface area (Å²) < 4.78 is 1.22. The Morgan fingerprint density at radius 3 is 2.86 bits per heavy atom. The zero-order chi connectivity index (χ0) is 10.2. The zero-order valence-corrected chi connectivity index (χ0v) is 11.1. The van der Waals surface area contributed by atoms with Crippen LogP contribution in [0.5, 0.6) is 0 Å². The molecular formula is C11H16BrNS. The van der Waals surface area contributed by atoms with E-state index < -0.39 is 0 Å². The van der Waals surface area contributed by atoms with Crippen LogP contribution in [-0.4, -0.2) is 17.0 Å². The molecule has 14 heavy (non-hydrogen) atoms. The van der Waals surface area contributed by atoms with E-state index >= 15 is 0 Å². The summed E-state index contributed by atoms with van der Waals surface area (Å²) >= 11 is 5.35. The van der Waals surface area contributed by atoms with Gasteiger partial charge in [0.25, 0.3) is 0 Å². The molecule has 0 aliphatic carbocycles. The van der Waals surface area contributed by atoms with Gasteiger partial charge in [-0.2, -0.15) is 0 Å². The molecule has 0 spiro atoms. The summed E-state index contributed by atoms with van der Waals surface area (Å²) in [5, 5.41) is 2.17. The Morgan fingerprint density at radius 1 is 1.57 bits per heavy atom. The third kappa shape index (κ3) is 2.20. The highest BCUT2D eigenvalue weighted by atomic mass is 79.9. The summed E-state index contributed by atoms with van der Waals surface area (Å²) in [5.74, 6) is 0. The number of rotatable bonds is 2. The molecule has 1 aromatic heterocycles. The summed E-state index contributed by atoms with van der Waals surface area (Å²) in [4.78, 5) is 4.05. The largest absolute Gasteiger partial charge is 0.293 e. The first-order chi connectivity index (χ1) is 6.58. The van der Waals surface area contributed by atoms with Gasteiger partial charge in [0.1, 0.15) is 0 Å². The van der Waals surface area contributed by atoms with Crippen molar-refractivity contribution in [1.29, 1.82) is 0 Å². The molecule has 0 saturated carbocycles. The lowest BCUT2D eigenvalue weighted by molar-refractivity contribution is 0.168. The van der Waals surface area contributed by atoms with E-state index in [4.69, 9.17) is 0 Å². The van der Waals surface area contributed by atoms with Gasteiger partial charge >= 0.3 is 0 Å². The predicted molar refractivity (Wildman–Crippen MR) is 65.7 cm³/mol. The molecule has 1 saturated heterocycles. The first-order valence-electron chi connectivity index (χ1n) is 5.06. The van der Waals surface area contributed by atoms with Crippen molar-refractivity contribution in [1.82, 2.24) is 4.90 Å². The van der Waals surface area contributed by atoms with Crippen molar-refractivity contribution in [2.75, 3.05) is 6.54 Å². The molecule has 0 N–H and O–H groups in total. The first kappa shape index (κ1) is 10.7. The molecule has 1 nitrogen and oxygen atoms in total. The lowest BCUT2D eigenvalue weighted by Crippen LogP contribution is -2.37. The molecule has 3 heteroatoms. The van der Waals surface area contributed by atoms with Gasteiger partial charge < -0.3 is 0 Å². The second-order valence-corrected chi connectivity index (χ2v) is 6.48. The maximum Gasteiger partial charge on any atom is 0.0333 e. The van der Waals surface area contributed by atoms with E-state index in [1.807, 2.05) is 11.3 Å². The summed E-state index contributed by atoms with van der Waals surface area (Å²) in [7, 11) is 0. The van der Waals surface area contributed by atoms with E-state index in [9.17, 15) is 0 Å². The summed E-state index contributed by atoms with van der Waals surface area (Å²) in [6.07, 6.45) is 2.68. The minimum absolute atomic E-state index is 0.399. The maximum atomic E-state index is 3.50. The Kier molecular flexibility index (Phi) is 3.01. The van der Waals surface area contributed by atoms with Gasteiger partial charge in [0.15, 0.2) is 0 Å². The van der Waals surface area contributed by atoms with Crippen molar-refractivity contribution in [2.24, 2.45) is 0 Å². The molecule has 1 aromatic rings. The fourth-order valence-corrected chi connectivity index (χ4v) is 3.55. The molecule has 2 rings (SSSR count).